The maximum absolute atomic E-state index is 13.0. The Labute approximate surface area is 163 Å². The van der Waals surface area contributed by atoms with Crippen LogP contribution in [-0.2, 0) is 12.7 Å². The zero-order valence-corrected chi connectivity index (χ0v) is 14.9. The number of hydrogen-bond acceptors (Lipinski definition) is 3. The van der Waals surface area contributed by atoms with Crippen molar-refractivity contribution in [3.63, 3.8) is 0 Å². The molecule has 1 aliphatic rings. The second-order valence-electron chi connectivity index (χ2n) is 6.47. The van der Waals surface area contributed by atoms with Crippen LogP contribution in [0.25, 0.3) is 0 Å². The minimum Gasteiger partial charge on any atom is -0.321 e. The molecule has 5 nitrogen and oxygen atoms in total. The van der Waals surface area contributed by atoms with Crippen LogP contribution in [-0.4, -0.2) is 16.8 Å². The van der Waals surface area contributed by atoms with Crippen molar-refractivity contribution in [1.29, 1.82) is 0 Å². The van der Waals surface area contributed by atoms with Crippen LogP contribution < -0.4 is 10.2 Å². The van der Waals surface area contributed by atoms with E-state index in [1.165, 1.54) is 41.6 Å². The summed E-state index contributed by atoms with van der Waals surface area (Å²) in [5, 5.41) is 2.70. The summed E-state index contributed by atoms with van der Waals surface area (Å²) in [7, 11) is 0. The number of anilines is 2. The highest BCUT2D eigenvalue weighted by Gasteiger charge is 2.34. The van der Waals surface area contributed by atoms with Crippen molar-refractivity contribution in [2.45, 2.75) is 12.7 Å². The Kier molecular flexibility index (Phi) is 4.54. The Morgan fingerprint density at radius 1 is 1.03 bits per heavy atom. The number of nitrogens with one attached hydrogen (secondary N) is 1. The number of aromatic nitrogens is 1. The number of rotatable bonds is 3. The van der Waals surface area contributed by atoms with Crippen LogP contribution in [0.15, 0.2) is 67.0 Å². The molecule has 2 amide bonds. The molecule has 0 atom stereocenters. The van der Waals surface area contributed by atoms with Gasteiger partial charge < -0.3 is 10.2 Å². The Morgan fingerprint density at radius 3 is 2.48 bits per heavy atom. The molecule has 29 heavy (non-hydrogen) atoms. The van der Waals surface area contributed by atoms with E-state index in [0.717, 1.165) is 12.1 Å². The topological polar surface area (TPSA) is 62.3 Å². The predicted octanol–water partition coefficient (Wildman–Crippen LogP) is 4.51. The van der Waals surface area contributed by atoms with E-state index in [1.807, 2.05) is 0 Å². The monoisotopic (exact) mass is 397 g/mol. The number of fused-ring (bicyclic) bond motifs is 1. The maximum atomic E-state index is 13.0. The Morgan fingerprint density at radius 2 is 1.76 bits per heavy atom. The molecule has 0 unspecified atom stereocenters. The quantitative estimate of drug-likeness (QED) is 0.707. The highest BCUT2D eigenvalue weighted by atomic mass is 19.4. The third-order valence-electron chi connectivity index (χ3n) is 4.61. The van der Waals surface area contributed by atoms with Crippen molar-refractivity contribution in [2.75, 3.05) is 10.2 Å². The lowest BCUT2D eigenvalue weighted by Crippen LogP contribution is -2.24. The number of hydrogen-bond donors (Lipinski definition) is 1. The molecular weight excluding hydrogens is 383 g/mol. The van der Waals surface area contributed by atoms with Crippen LogP contribution in [0.3, 0.4) is 0 Å². The summed E-state index contributed by atoms with van der Waals surface area (Å²) in [6.07, 6.45) is -1.55. The number of carbonyl (C=O) groups excluding carboxylic acids is 2. The van der Waals surface area contributed by atoms with Gasteiger partial charge in [-0.3, -0.25) is 14.6 Å². The molecule has 0 saturated carbocycles. The fourth-order valence-electron chi connectivity index (χ4n) is 3.22. The van der Waals surface area contributed by atoms with Gasteiger partial charge in [-0.25, -0.2) is 0 Å². The number of carbonyl (C=O) groups is 2. The Balaban J connectivity index is 1.65. The van der Waals surface area contributed by atoms with Crippen molar-refractivity contribution in [1.82, 2.24) is 4.98 Å². The minimum atomic E-state index is -4.50. The van der Waals surface area contributed by atoms with E-state index in [0.29, 0.717) is 16.8 Å². The summed E-state index contributed by atoms with van der Waals surface area (Å²) in [6, 6.07) is 12.7. The number of nitrogens with zero attached hydrogens (tertiary/aromatic N) is 2. The zero-order valence-electron chi connectivity index (χ0n) is 14.9. The Hall–Kier alpha value is -3.68. The highest BCUT2D eigenvalue weighted by molar-refractivity contribution is 6.16. The van der Waals surface area contributed by atoms with Gasteiger partial charge in [0.15, 0.2) is 0 Å². The molecular formula is C21H14F3N3O2. The summed E-state index contributed by atoms with van der Waals surface area (Å²) in [5.74, 6) is -0.879. The van der Waals surface area contributed by atoms with Crippen LogP contribution in [0.2, 0.25) is 0 Å². The second-order valence-corrected chi connectivity index (χ2v) is 6.47. The molecule has 0 spiro atoms. The first-order valence-corrected chi connectivity index (χ1v) is 8.67. The van der Waals surface area contributed by atoms with Crippen molar-refractivity contribution in [3.05, 3.63) is 89.2 Å². The molecule has 2 aromatic carbocycles. The summed E-state index contributed by atoms with van der Waals surface area (Å²) in [5.41, 5.74) is 0.895. The molecule has 4 rings (SSSR count). The highest BCUT2D eigenvalue weighted by Crippen LogP contribution is 2.36. The van der Waals surface area contributed by atoms with Gasteiger partial charge in [0, 0.05) is 23.6 Å². The SMILES string of the molecule is O=C(Nc1cccc2c1C(=O)N(c1cccc(C(F)(F)F)c1)C2)c1ccncc1. The van der Waals surface area contributed by atoms with Gasteiger partial charge in [0.1, 0.15) is 0 Å². The van der Waals surface area contributed by atoms with Crippen LogP contribution in [0.1, 0.15) is 31.8 Å². The summed E-state index contributed by atoms with van der Waals surface area (Å²) in [6.45, 7) is 0.119. The first kappa shape index (κ1) is 18.7. The maximum Gasteiger partial charge on any atom is 0.416 e. The third-order valence-corrected chi connectivity index (χ3v) is 4.61. The molecule has 2 heterocycles. The van der Waals surface area contributed by atoms with E-state index in [-0.39, 0.29) is 17.8 Å². The number of amides is 2. The first-order valence-electron chi connectivity index (χ1n) is 8.67. The molecule has 146 valence electrons. The molecule has 8 heteroatoms. The van der Waals surface area contributed by atoms with Gasteiger partial charge in [0.2, 0.25) is 0 Å². The molecule has 0 radical (unpaired) electrons. The second kappa shape index (κ2) is 7.05. The molecule has 0 aliphatic carbocycles. The van der Waals surface area contributed by atoms with E-state index in [1.54, 1.807) is 18.2 Å². The van der Waals surface area contributed by atoms with Gasteiger partial charge >= 0.3 is 6.18 Å². The summed E-state index contributed by atoms with van der Waals surface area (Å²) >= 11 is 0. The molecule has 0 fully saturated rings. The number of pyridine rings is 1. The van der Waals surface area contributed by atoms with Gasteiger partial charge in [0.05, 0.1) is 23.4 Å². The predicted molar refractivity (Wildman–Crippen MR) is 101 cm³/mol. The van der Waals surface area contributed by atoms with Crippen LogP contribution in [0, 0.1) is 0 Å². The van der Waals surface area contributed by atoms with Gasteiger partial charge in [-0.2, -0.15) is 13.2 Å². The van der Waals surface area contributed by atoms with E-state index in [4.69, 9.17) is 0 Å². The lowest BCUT2D eigenvalue weighted by molar-refractivity contribution is -0.137. The number of benzene rings is 2. The molecule has 0 bridgehead atoms. The molecule has 1 aromatic heterocycles. The van der Waals surface area contributed by atoms with Crippen LogP contribution >= 0.6 is 0 Å². The smallest absolute Gasteiger partial charge is 0.321 e. The largest absolute Gasteiger partial charge is 0.416 e. The number of halogens is 3. The van der Waals surface area contributed by atoms with Gasteiger partial charge in [-0.15, -0.1) is 0 Å². The minimum absolute atomic E-state index is 0.119. The fraction of sp³-hybridized carbons (Fsp3) is 0.0952. The van der Waals surface area contributed by atoms with Gasteiger partial charge in [0.25, 0.3) is 11.8 Å². The van der Waals surface area contributed by atoms with E-state index >= 15 is 0 Å². The van der Waals surface area contributed by atoms with E-state index < -0.39 is 23.6 Å². The van der Waals surface area contributed by atoms with Crippen molar-refractivity contribution in [3.8, 4) is 0 Å². The first-order chi connectivity index (χ1) is 13.8. The van der Waals surface area contributed by atoms with E-state index in [9.17, 15) is 22.8 Å². The average Bonchev–Trinajstić information content (AvgIpc) is 3.06. The van der Waals surface area contributed by atoms with E-state index in [2.05, 4.69) is 10.3 Å². The lowest BCUT2D eigenvalue weighted by Gasteiger charge is -2.17. The number of alkyl halides is 3. The average molecular weight is 397 g/mol. The van der Waals surface area contributed by atoms with Gasteiger partial charge in [-0.05, 0) is 42.0 Å². The van der Waals surface area contributed by atoms with Crippen molar-refractivity contribution in [2.24, 2.45) is 0 Å². The molecule has 1 N–H and O–H groups in total. The normalized spacial score (nSPS) is 13.3. The van der Waals surface area contributed by atoms with Crippen molar-refractivity contribution >= 4 is 23.2 Å². The standard InChI is InChI=1S/C21H14F3N3O2/c22-21(23,24)15-4-2-5-16(11-15)27-12-14-3-1-6-17(18(14)20(27)29)26-19(28)13-7-9-25-10-8-13/h1-11H,12H2,(H,26,28). The zero-order chi connectivity index (χ0) is 20.6. The van der Waals surface area contributed by atoms with Crippen LogP contribution in [0.4, 0.5) is 24.5 Å². The van der Waals surface area contributed by atoms with Crippen molar-refractivity contribution < 1.29 is 22.8 Å². The third kappa shape index (κ3) is 3.56. The van der Waals surface area contributed by atoms with Gasteiger partial charge in [-0.1, -0.05) is 18.2 Å². The Bertz CT molecular complexity index is 1100. The summed E-state index contributed by atoms with van der Waals surface area (Å²) in [4.78, 5) is 30.5. The molecule has 1 aliphatic heterocycles. The summed E-state index contributed by atoms with van der Waals surface area (Å²) < 4.78 is 39.1. The molecule has 3 aromatic rings. The van der Waals surface area contributed by atoms with Crippen LogP contribution in [0.5, 0.6) is 0 Å². The lowest BCUT2D eigenvalue weighted by atomic mass is 10.1. The fourth-order valence-corrected chi connectivity index (χ4v) is 3.22. The molecule has 0 saturated heterocycles.